The van der Waals surface area contributed by atoms with Crippen LogP contribution in [0.5, 0.6) is 5.75 Å². The SMILES string of the molecule is Cc1ccc(COc2ccccc2/C=N/NC(=O)C(NC(=O)c2ccc(F)cc2)C(C)C)cc1. The molecule has 3 aromatic carbocycles. The molecule has 1 unspecified atom stereocenters. The minimum Gasteiger partial charge on any atom is -0.488 e. The van der Waals surface area contributed by atoms with Crippen LogP contribution in [0.2, 0.25) is 0 Å². The van der Waals surface area contributed by atoms with Crippen molar-refractivity contribution in [1.82, 2.24) is 10.7 Å². The fourth-order valence-electron chi connectivity index (χ4n) is 3.16. The molecule has 176 valence electrons. The number of carbonyl (C=O) groups is 2. The number of amides is 2. The van der Waals surface area contributed by atoms with Crippen molar-refractivity contribution in [3.8, 4) is 5.75 Å². The van der Waals surface area contributed by atoms with Gasteiger partial charge in [0.15, 0.2) is 0 Å². The topological polar surface area (TPSA) is 79.8 Å². The van der Waals surface area contributed by atoms with Crippen LogP contribution in [0.1, 0.15) is 40.9 Å². The van der Waals surface area contributed by atoms with E-state index in [1.54, 1.807) is 0 Å². The maximum absolute atomic E-state index is 13.1. The van der Waals surface area contributed by atoms with E-state index in [4.69, 9.17) is 4.74 Å². The number of rotatable bonds is 9. The molecule has 0 aliphatic rings. The number of para-hydroxylation sites is 1. The first-order valence-corrected chi connectivity index (χ1v) is 11.0. The van der Waals surface area contributed by atoms with Gasteiger partial charge >= 0.3 is 0 Å². The lowest BCUT2D eigenvalue weighted by Gasteiger charge is -2.20. The van der Waals surface area contributed by atoms with Crippen LogP contribution in [0, 0.1) is 18.7 Å². The second-order valence-electron chi connectivity index (χ2n) is 8.25. The highest BCUT2D eigenvalue weighted by Gasteiger charge is 2.24. The van der Waals surface area contributed by atoms with Crippen LogP contribution < -0.4 is 15.5 Å². The van der Waals surface area contributed by atoms with Crippen molar-refractivity contribution in [2.45, 2.75) is 33.4 Å². The zero-order valence-electron chi connectivity index (χ0n) is 19.4. The Morgan fingerprint density at radius 1 is 1.00 bits per heavy atom. The fourth-order valence-corrected chi connectivity index (χ4v) is 3.16. The van der Waals surface area contributed by atoms with Crippen LogP contribution in [-0.4, -0.2) is 24.1 Å². The minimum absolute atomic E-state index is 0.190. The van der Waals surface area contributed by atoms with Gasteiger partial charge in [0.1, 0.15) is 24.2 Å². The van der Waals surface area contributed by atoms with Gasteiger partial charge in [-0.05, 0) is 54.8 Å². The number of hydrogen-bond donors (Lipinski definition) is 2. The molecule has 0 heterocycles. The van der Waals surface area contributed by atoms with Crippen LogP contribution >= 0.6 is 0 Å². The second kappa shape index (κ2) is 11.7. The second-order valence-corrected chi connectivity index (χ2v) is 8.25. The molecule has 0 spiro atoms. The summed E-state index contributed by atoms with van der Waals surface area (Å²) in [6, 6.07) is 19.8. The van der Waals surface area contributed by atoms with Crippen molar-refractivity contribution in [3.63, 3.8) is 0 Å². The lowest BCUT2D eigenvalue weighted by Crippen LogP contribution is -2.48. The number of nitrogens with zero attached hydrogens (tertiary/aromatic N) is 1. The minimum atomic E-state index is -0.817. The first-order chi connectivity index (χ1) is 16.3. The predicted molar refractivity (Wildman–Crippen MR) is 130 cm³/mol. The Labute approximate surface area is 198 Å². The zero-order chi connectivity index (χ0) is 24.5. The summed E-state index contributed by atoms with van der Waals surface area (Å²) in [7, 11) is 0. The molecule has 0 saturated carbocycles. The molecule has 0 radical (unpaired) electrons. The smallest absolute Gasteiger partial charge is 0.262 e. The highest BCUT2D eigenvalue weighted by molar-refractivity contribution is 5.97. The third kappa shape index (κ3) is 7.00. The van der Waals surface area contributed by atoms with Crippen molar-refractivity contribution in [3.05, 3.63) is 101 Å². The van der Waals surface area contributed by atoms with Crippen molar-refractivity contribution in [2.75, 3.05) is 0 Å². The molecule has 0 fully saturated rings. The van der Waals surface area contributed by atoms with E-state index in [2.05, 4.69) is 15.8 Å². The lowest BCUT2D eigenvalue weighted by atomic mass is 10.0. The Bertz CT molecular complexity index is 1140. The highest BCUT2D eigenvalue weighted by atomic mass is 19.1. The summed E-state index contributed by atoms with van der Waals surface area (Å²) in [5, 5.41) is 6.74. The normalized spacial score (nSPS) is 11.9. The van der Waals surface area contributed by atoms with Crippen molar-refractivity contribution >= 4 is 18.0 Å². The summed E-state index contributed by atoms with van der Waals surface area (Å²) >= 11 is 0. The molecule has 2 N–H and O–H groups in total. The Morgan fingerprint density at radius 2 is 1.68 bits per heavy atom. The van der Waals surface area contributed by atoms with Crippen LogP contribution in [0.25, 0.3) is 0 Å². The zero-order valence-corrected chi connectivity index (χ0v) is 19.4. The standard InChI is InChI=1S/C27H28FN3O3/c1-18(2)25(30-26(32)21-12-14-23(28)15-13-21)27(33)31-29-16-22-6-4-5-7-24(22)34-17-20-10-8-19(3)9-11-20/h4-16,18,25H,17H2,1-3H3,(H,30,32)(H,31,33)/b29-16+. The largest absolute Gasteiger partial charge is 0.488 e. The number of carbonyl (C=O) groups excluding carboxylic acids is 2. The third-order valence-corrected chi connectivity index (χ3v) is 5.15. The van der Waals surface area contributed by atoms with E-state index in [1.165, 1.54) is 36.0 Å². The molecule has 0 bridgehead atoms. The summed E-state index contributed by atoms with van der Waals surface area (Å²) in [6.45, 7) is 6.06. The molecule has 6 nitrogen and oxygen atoms in total. The first-order valence-electron chi connectivity index (χ1n) is 11.0. The molecule has 0 aliphatic carbocycles. The Kier molecular flexibility index (Phi) is 8.51. The molecule has 34 heavy (non-hydrogen) atoms. The van der Waals surface area contributed by atoms with E-state index in [0.29, 0.717) is 17.9 Å². The molecular weight excluding hydrogens is 433 g/mol. The number of aryl methyl sites for hydroxylation is 1. The van der Waals surface area contributed by atoms with Gasteiger partial charge in [-0.1, -0.05) is 55.8 Å². The van der Waals surface area contributed by atoms with Gasteiger partial charge in [0.25, 0.3) is 11.8 Å². The molecule has 2 amide bonds. The molecular formula is C27H28FN3O3. The summed E-state index contributed by atoms with van der Waals surface area (Å²) in [5.74, 6) is -0.921. The Hall–Kier alpha value is -4.00. The van der Waals surface area contributed by atoms with Gasteiger partial charge in [0.2, 0.25) is 0 Å². The predicted octanol–water partition coefficient (Wildman–Crippen LogP) is 4.62. The maximum atomic E-state index is 13.1. The summed E-state index contributed by atoms with van der Waals surface area (Å²) in [6.07, 6.45) is 1.50. The van der Waals surface area contributed by atoms with E-state index in [1.807, 2.05) is 69.3 Å². The first kappa shape index (κ1) is 24.6. The molecule has 3 rings (SSSR count). The number of benzene rings is 3. The molecule has 7 heteroatoms. The van der Waals surface area contributed by atoms with E-state index in [9.17, 15) is 14.0 Å². The van der Waals surface area contributed by atoms with Gasteiger partial charge in [-0.3, -0.25) is 9.59 Å². The van der Waals surface area contributed by atoms with E-state index < -0.39 is 23.7 Å². The summed E-state index contributed by atoms with van der Waals surface area (Å²) in [5.41, 5.74) is 5.68. The average molecular weight is 462 g/mol. The van der Waals surface area contributed by atoms with Gasteiger partial charge < -0.3 is 10.1 Å². The van der Waals surface area contributed by atoms with Gasteiger partial charge in [0.05, 0.1) is 6.21 Å². The molecule has 1 atom stereocenters. The van der Waals surface area contributed by atoms with E-state index in [-0.39, 0.29) is 11.5 Å². The van der Waals surface area contributed by atoms with E-state index >= 15 is 0 Å². The monoisotopic (exact) mass is 461 g/mol. The summed E-state index contributed by atoms with van der Waals surface area (Å²) in [4.78, 5) is 25.1. The summed E-state index contributed by atoms with van der Waals surface area (Å²) < 4.78 is 19.0. The molecule has 0 saturated heterocycles. The average Bonchev–Trinajstić information content (AvgIpc) is 2.83. The number of halogens is 1. The fraction of sp³-hybridized carbons (Fsp3) is 0.222. The van der Waals surface area contributed by atoms with Crippen molar-refractivity contribution < 1.29 is 18.7 Å². The van der Waals surface area contributed by atoms with Crippen LogP contribution in [0.15, 0.2) is 77.9 Å². The van der Waals surface area contributed by atoms with Crippen molar-refractivity contribution in [2.24, 2.45) is 11.0 Å². The number of hydrogen-bond acceptors (Lipinski definition) is 4. The Morgan fingerprint density at radius 3 is 2.35 bits per heavy atom. The Balaban J connectivity index is 1.61. The number of nitrogens with one attached hydrogen (secondary N) is 2. The van der Waals surface area contributed by atoms with Gasteiger partial charge in [-0.15, -0.1) is 0 Å². The van der Waals surface area contributed by atoms with Gasteiger partial charge in [0, 0.05) is 11.1 Å². The quantitative estimate of drug-likeness (QED) is 0.361. The van der Waals surface area contributed by atoms with Gasteiger partial charge in [-0.25, -0.2) is 9.82 Å². The van der Waals surface area contributed by atoms with Crippen LogP contribution in [-0.2, 0) is 11.4 Å². The molecule has 0 aliphatic heterocycles. The maximum Gasteiger partial charge on any atom is 0.262 e. The third-order valence-electron chi connectivity index (χ3n) is 5.15. The van der Waals surface area contributed by atoms with Gasteiger partial charge in [-0.2, -0.15) is 5.10 Å². The van der Waals surface area contributed by atoms with Crippen molar-refractivity contribution in [1.29, 1.82) is 0 Å². The van der Waals surface area contributed by atoms with Crippen LogP contribution in [0.4, 0.5) is 4.39 Å². The van der Waals surface area contributed by atoms with E-state index in [0.717, 1.165) is 5.56 Å². The molecule has 3 aromatic rings. The lowest BCUT2D eigenvalue weighted by molar-refractivity contribution is -0.123. The number of hydrazone groups is 1. The molecule has 0 aromatic heterocycles. The highest BCUT2D eigenvalue weighted by Crippen LogP contribution is 2.18. The van der Waals surface area contributed by atoms with Crippen LogP contribution in [0.3, 0.4) is 0 Å². The number of ether oxygens (including phenoxy) is 1.